The summed E-state index contributed by atoms with van der Waals surface area (Å²) in [5.74, 6) is -1.99. The number of carboxylic acid groups (broad SMARTS) is 2. The molecule has 2 heterocycles. The summed E-state index contributed by atoms with van der Waals surface area (Å²) in [5, 5.41) is 29.7. The predicted molar refractivity (Wildman–Crippen MR) is 116 cm³/mol. The van der Waals surface area contributed by atoms with Crippen LogP contribution in [0.15, 0.2) is 29.1 Å². The minimum atomic E-state index is -1.29. The first-order valence-electron chi connectivity index (χ1n) is 9.93. The van der Waals surface area contributed by atoms with Crippen LogP contribution in [0.5, 0.6) is 0 Å². The zero-order valence-corrected chi connectivity index (χ0v) is 17.3. The molecule has 2 aromatic rings. The van der Waals surface area contributed by atoms with Crippen LogP contribution < -0.4 is 26.8 Å². The Bertz CT molecular complexity index is 1070. The number of carbonyl (C=O) groups excluding carboxylic acids is 1. The van der Waals surface area contributed by atoms with Crippen LogP contribution in [0, 0.1) is 6.92 Å². The molecule has 12 nitrogen and oxygen atoms in total. The Balaban J connectivity index is 1.54. The van der Waals surface area contributed by atoms with Gasteiger partial charge in [-0.2, -0.15) is 0 Å². The molecule has 32 heavy (non-hydrogen) atoms. The number of hydrogen-bond donors (Lipinski definition) is 7. The summed E-state index contributed by atoms with van der Waals surface area (Å²) in [6, 6.07) is 5.04. The van der Waals surface area contributed by atoms with Crippen LogP contribution in [-0.4, -0.2) is 63.2 Å². The number of rotatable bonds is 9. The molecule has 170 valence electrons. The van der Waals surface area contributed by atoms with E-state index in [1.165, 1.54) is 12.1 Å². The van der Waals surface area contributed by atoms with E-state index in [4.69, 9.17) is 10.2 Å². The van der Waals surface area contributed by atoms with Crippen molar-refractivity contribution in [3.8, 4) is 0 Å². The predicted octanol–water partition coefficient (Wildman–Crippen LogP) is 0.444. The molecule has 0 bridgehead atoms. The average Bonchev–Trinajstić information content (AvgIpc) is 2.75. The topological polar surface area (TPSA) is 186 Å². The van der Waals surface area contributed by atoms with Crippen molar-refractivity contribution >= 4 is 35.0 Å². The summed E-state index contributed by atoms with van der Waals surface area (Å²) in [7, 11) is 0. The van der Waals surface area contributed by atoms with Gasteiger partial charge >= 0.3 is 11.9 Å². The molecular formula is C20H24N6O6. The fourth-order valence-electron chi connectivity index (χ4n) is 3.19. The number of aromatic amines is 1. The summed E-state index contributed by atoms with van der Waals surface area (Å²) in [6.07, 6.45) is -0.574. The van der Waals surface area contributed by atoms with E-state index in [1.807, 2.05) is 0 Å². The summed E-state index contributed by atoms with van der Waals surface area (Å²) < 4.78 is 0. The smallest absolute Gasteiger partial charge is 0.326 e. The lowest BCUT2D eigenvalue weighted by Gasteiger charge is -2.27. The second-order valence-corrected chi connectivity index (χ2v) is 7.35. The number of benzene rings is 1. The van der Waals surface area contributed by atoms with E-state index in [1.54, 1.807) is 19.1 Å². The van der Waals surface area contributed by atoms with Crippen LogP contribution in [-0.2, 0) is 9.59 Å². The molecule has 1 aliphatic rings. The Labute approximate surface area is 182 Å². The molecule has 7 N–H and O–H groups in total. The molecule has 0 saturated carbocycles. The first-order chi connectivity index (χ1) is 15.2. The van der Waals surface area contributed by atoms with Gasteiger partial charge in [-0.1, -0.05) is 0 Å². The minimum Gasteiger partial charge on any atom is -0.481 e. The molecule has 0 fully saturated rings. The zero-order chi connectivity index (χ0) is 23.3. The highest BCUT2D eigenvalue weighted by molar-refractivity contribution is 5.96. The number of fused-ring (bicyclic) bond motifs is 1. The van der Waals surface area contributed by atoms with Crippen molar-refractivity contribution in [2.24, 2.45) is 0 Å². The first kappa shape index (κ1) is 22.6. The maximum absolute atomic E-state index is 12.3. The summed E-state index contributed by atoms with van der Waals surface area (Å²) >= 11 is 0. The lowest BCUT2D eigenvalue weighted by atomic mass is 10.1. The molecule has 0 saturated heterocycles. The minimum absolute atomic E-state index is 0.0818. The SMILES string of the molecule is Cc1nc2c(c(=O)[nH]1)NC(CNc1ccc(C(=O)N[C@@H](CCC(=O)O)C(=O)O)cc1)CN2. The van der Waals surface area contributed by atoms with Gasteiger partial charge < -0.3 is 36.5 Å². The molecule has 3 rings (SSSR count). The highest BCUT2D eigenvalue weighted by Crippen LogP contribution is 2.19. The van der Waals surface area contributed by atoms with Crippen molar-refractivity contribution in [3.63, 3.8) is 0 Å². The highest BCUT2D eigenvalue weighted by atomic mass is 16.4. The Morgan fingerprint density at radius 2 is 1.94 bits per heavy atom. The van der Waals surface area contributed by atoms with Gasteiger partial charge in [0.1, 0.15) is 17.6 Å². The molecule has 1 aromatic heterocycles. The van der Waals surface area contributed by atoms with Gasteiger partial charge in [0.15, 0.2) is 5.82 Å². The van der Waals surface area contributed by atoms with Crippen molar-refractivity contribution in [1.29, 1.82) is 0 Å². The number of amides is 1. The molecule has 1 aromatic carbocycles. The van der Waals surface area contributed by atoms with E-state index in [0.29, 0.717) is 30.4 Å². The lowest BCUT2D eigenvalue weighted by Crippen LogP contribution is -2.41. The number of hydrogen-bond acceptors (Lipinski definition) is 8. The van der Waals surface area contributed by atoms with Crippen molar-refractivity contribution in [3.05, 3.63) is 46.0 Å². The first-order valence-corrected chi connectivity index (χ1v) is 9.93. The summed E-state index contributed by atoms with van der Waals surface area (Å²) in [6.45, 7) is 2.75. The molecule has 1 aliphatic heterocycles. The number of carbonyl (C=O) groups is 3. The number of aliphatic carboxylic acids is 2. The number of anilines is 3. The number of aromatic nitrogens is 2. The average molecular weight is 444 g/mol. The van der Waals surface area contributed by atoms with Crippen LogP contribution >= 0.6 is 0 Å². The van der Waals surface area contributed by atoms with Crippen LogP contribution in [0.25, 0.3) is 0 Å². The number of H-pyrrole nitrogens is 1. The summed E-state index contributed by atoms with van der Waals surface area (Å²) in [5.41, 5.74) is 1.11. The number of carboxylic acids is 2. The number of nitrogens with zero attached hydrogens (tertiary/aromatic N) is 1. The zero-order valence-electron chi connectivity index (χ0n) is 17.3. The normalized spacial score (nSPS) is 15.5. The van der Waals surface area contributed by atoms with Gasteiger partial charge in [0, 0.05) is 30.8 Å². The third-order valence-electron chi connectivity index (χ3n) is 4.85. The molecule has 0 spiro atoms. The third kappa shape index (κ3) is 5.74. The van der Waals surface area contributed by atoms with E-state index in [0.717, 1.165) is 5.69 Å². The van der Waals surface area contributed by atoms with E-state index < -0.39 is 23.9 Å². The van der Waals surface area contributed by atoms with Gasteiger partial charge in [-0.3, -0.25) is 14.4 Å². The standard InChI is InChI=1S/C20H24N6O6/c1-10-23-17-16(19(30)24-10)25-13(9-22-17)8-21-12-4-2-11(3-5-12)18(29)26-14(20(31)32)6-7-15(27)28/h2-5,13-14,21,25H,6-9H2,1H3,(H,26,29)(H,27,28)(H,31,32)(H2,22,23,24,30)/t13?,14-/m0/s1. The fourth-order valence-corrected chi connectivity index (χ4v) is 3.19. The molecule has 1 unspecified atom stereocenters. The molecule has 2 atom stereocenters. The van der Waals surface area contributed by atoms with Gasteiger partial charge in [-0.25, -0.2) is 9.78 Å². The molecule has 0 aliphatic carbocycles. The molecular weight excluding hydrogens is 420 g/mol. The van der Waals surface area contributed by atoms with E-state index in [9.17, 15) is 19.2 Å². The Hall–Kier alpha value is -4.09. The van der Waals surface area contributed by atoms with Crippen molar-refractivity contribution in [1.82, 2.24) is 15.3 Å². The maximum Gasteiger partial charge on any atom is 0.326 e. The van der Waals surface area contributed by atoms with E-state index in [2.05, 4.69) is 31.2 Å². The second kappa shape index (κ2) is 9.81. The van der Waals surface area contributed by atoms with Crippen molar-refractivity contribution in [2.45, 2.75) is 31.8 Å². The third-order valence-corrected chi connectivity index (χ3v) is 4.85. The quantitative estimate of drug-likeness (QED) is 0.286. The monoisotopic (exact) mass is 444 g/mol. The van der Waals surface area contributed by atoms with Crippen LogP contribution in [0.3, 0.4) is 0 Å². The van der Waals surface area contributed by atoms with E-state index >= 15 is 0 Å². The van der Waals surface area contributed by atoms with Gasteiger partial charge in [0.2, 0.25) is 0 Å². The highest BCUT2D eigenvalue weighted by Gasteiger charge is 2.22. The molecule has 0 radical (unpaired) electrons. The van der Waals surface area contributed by atoms with Crippen LogP contribution in [0.1, 0.15) is 29.0 Å². The van der Waals surface area contributed by atoms with Crippen LogP contribution in [0.4, 0.5) is 17.2 Å². The van der Waals surface area contributed by atoms with Gasteiger partial charge in [0.25, 0.3) is 11.5 Å². The lowest BCUT2D eigenvalue weighted by molar-refractivity contribution is -0.140. The Kier molecular flexibility index (Phi) is 6.93. The maximum atomic E-state index is 12.3. The van der Waals surface area contributed by atoms with Crippen molar-refractivity contribution < 1.29 is 24.6 Å². The largest absolute Gasteiger partial charge is 0.481 e. The van der Waals surface area contributed by atoms with Crippen molar-refractivity contribution in [2.75, 3.05) is 29.0 Å². The Morgan fingerprint density at radius 3 is 2.59 bits per heavy atom. The van der Waals surface area contributed by atoms with Crippen LogP contribution in [0.2, 0.25) is 0 Å². The Morgan fingerprint density at radius 1 is 1.22 bits per heavy atom. The van der Waals surface area contributed by atoms with E-state index in [-0.39, 0.29) is 30.0 Å². The van der Waals surface area contributed by atoms with Gasteiger partial charge in [0.05, 0.1) is 6.04 Å². The summed E-state index contributed by atoms with van der Waals surface area (Å²) in [4.78, 5) is 53.1. The number of nitrogens with one attached hydrogen (secondary N) is 5. The molecule has 12 heteroatoms. The second-order valence-electron chi connectivity index (χ2n) is 7.35. The van der Waals surface area contributed by atoms with Gasteiger partial charge in [-0.15, -0.1) is 0 Å². The fraction of sp³-hybridized carbons (Fsp3) is 0.350. The molecule has 1 amide bonds. The van der Waals surface area contributed by atoms with Gasteiger partial charge in [-0.05, 0) is 37.6 Å². The number of aryl methyl sites for hydroxylation is 1.